The van der Waals surface area contributed by atoms with E-state index in [0.717, 1.165) is 47.2 Å². The molecule has 0 radical (unpaired) electrons. The van der Waals surface area contributed by atoms with Gasteiger partial charge in [0.05, 0.1) is 11.0 Å². The summed E-state index contributed by atoms with van der Waals surface area (Å²) in [5.74, 6) is 4.07. The highest BCUT2D eigenvalue weighted by atomic mass is 16.2. The van der Waals surface area contributed by atoms with Crippen molar-refractivity contribution >= 4 is 29.0 Å². The normalized spacial score (nSPS) is 39.0. The van der Waals surface area contributed by atoms with Crippen molar-refractivity contribution in [3.8, 4) is 0 Å². The third kappa shape index (κ3) is 3.10. The smallest absolute Gasteiger partial charge is 0.246 e. The SMILES string of the molecule is CN1C(=O)C=C[C@]2(C)[C@H]3CC[C@]4(C)[C@@H](Cc5nc6cc(NC=O)ccc6[nH]5)CC[C@H]4[C@@H]3CC[C@@H]12. The molecule has 0 saturated heterocycles. The number of H-pyrrole nitrogens is 1. The van der Waals surface area contributed by atoms with Crippen molar-refractivity contribution in [3.63, 3.8) is 0 Å². The Hall–Kier alpha value is -2.63. The lowest BCUT2D eigenvalue weighted by atomic mass is 9.47. The van der Waals surface area contributed by atoms with Gasteiger partial charge < -0.3 is 15.2 Å². The predicted octanol–water partition coefficient (Wildman–Crippen LogP) is 4.93. The molecule has 3 saturated carbocycles. The fraction of sp³-hybridized carbons (Fsp3) is 0.607. The maximum absolute atomic E-state index is 12.3. The van der Waals surface area contributed by atoms with Crippen LogP contribution in [-0.2, 0) is 16.0 Å². The highest BCUT2D eigenvalue weighted by Crippen LogP contribution is 2.65. The summed E-state index contributed by atoms with van der Waals surface area (Å²) >= 11 is 0. The number of hydrogen-bond donors (Lipinski definition) is 2. The molecule has 1 aliphatic heterocycles. The summed E-state index contributed by atoms with van der Waals surface area (Å²) in [5.41, 5.74) is 3.19. The number of hydrogen-bond acceptors (Lipinski definition) is 3. The average molecular weight is 461 g/mol. The van der Waals surface area contributed by atoms with Crippen molar-refractivity contribution < 1.29 is 9.59 Å². The van der Waals surface area contributed by atoms with Gasteiger partial charge in [-0.15, -0.1) is 0 Å². The van der Waals surface area contributed by atoms with E-state index in [1.165, 1.54) is 32.1 Å². The molecule has 0 unspecified atom stereocenters. The number of nitrogens with one attached hydrogen (secondary N) is 2. The maximum Gasteiger partial charge on any atom is 0.246 e. The van der Waals surface area contributed by atoms with Crippen molar-refractivity contribution in [3.05, 3.63) is 36.2 Å². The van der Waals surface area contributed by atoms with Crippen molar-refractivity contribution in [1.29, 1.82) is 0 Å². The zero-order chi connectivity index (χ0) is 23.7. The number of benzene rings is 1. The summed E-state index contributed by atoms with van der Waals surface area (Å²) in [5, 5.41) is 2.72. The molecule has 6 nitrogen and oxygen atoms in total. The van der Waals surface area contributed by atoms with Crippen LogP contribution in [0.2, 0.25) is 0 Å². The predicted molar refractivity (Wildman–Crippen MR) is 133 cm³/mol. The second kappa shape index (κ2) is 7.69. The third-order valence-electron chi connectivity index (χ3n) is 10.5. The Kier molecular flexibility index (Phi) is 4.95. The van der Waals surface area contributed by atoms with Gasteiger partial charge in [-0.1, -0.05) is 19.9 Å². The second-order valence-corrected chi connectivity index (χ2v) is 11.8. The molecule has 3 aliphatic carbocycles. The van der Waals surface area contributed by atoms with E-state index in [2.05, 4.69) is 30.2 Å². The van der Waals surface area contributed by atoms with Gasteiger partial charge in [0.2, 0.25) is 12.3 Å². The van der Waals surface area contributed by atoms with Crippen LogP contribution in [-0.4, -0.2) is 40.3 Å². The van der Waals surface area contributed by atoms with Gasteiger partial charge in [-0.25, -0.2) is 4.98 Å². The van der Waals surface area contributed by atoms with E-state index in [1.807, 2.05) is 36.2 Å². The zero-order valence-corrected chi connectivity index (χ0v) is 20.5. The Morgan fingerprint density at radius 2 is 2.03 bits per heavy atom. The molecule has 2 amide bonds. The van der Waals surface area contributed by atoms with Crippen LogP contribution in [0.25, 0.3) is 11.0 Å². The maximum atomic E-state index is 12.3. The van der Waals surface area contributed by atoms with Gasteiger partial charge >= 0.3 is 0 Å². The number of anilines is 1. The van der Waals surface area contributed by atoms with Crippen LogP contribution in [0.15, 0.2) is 30.4 Å². The minimum absolute atomic E-state index is 0.108. The number of aromatic amines is 1. The quantitative estimate of drug-likeness (QED) is 0.635. The number of imidazole rings is 1. The standard InChI is InChI=1S/C28H36N4O2/c1-27-12-10-21-19(6-9-24-28(21,2)13-11-26(34)32(24)3)20(27)7-4-17(27)14-25-30-22-8-5-18(29-16-33)15-23(22)31-25/h5,8,11,13,15-17,19-21,24H,4,6-7,9-10,12,14H2,1-3H3,(H,29,33)(H,30,31)/t17-,19+,20+,21+,24-,27-,28-/m1/s1. The molecule has 6 rings (SSSR count). The molecular weight excluding hydrogens is 424 g/mol. The van der Waals surface area contributed by atoms with Crippen molar-refractivity contribution in [2.24, 2.45) is 34.5 Å². The van der Waals surface area contributed by atoms with Crippen LogP contribution in [0.1, 0.15) is 58.2 Å². The van der Waals surface area contributed by atoms with E-state index in [1.54, 1.807) is 0 Å². The number of likely N-dealkylation sites (N-methyl/N-ethyl adjacent to an activating group) is 1. The number of rotatable bonds is 4. The van der Waals surface area contributed by atoms with E-state index >= 15 is 0 Å². The summed E-state index contributed by atoms with van der Waals surface area (Å²) in [6.07, 6.45) is 13.3. The fourth-order valence-corrected chi connectivity index (χ4v) is 8.73. The fourth-order valence-electron chi connectivity index (χ4n) is 8.73. The molecule has 6 heteroatoms. The van der Waals surface area contributed by atoms with Gasteiger partial charge in [0.1, 0.15) is 5.82 Å². The van der Waals surface area contributed by atoms with Crippen LogP contribution in [0.4, 0.5) is 5.69 Å². The first-order chi connectivity index (χ1) is 16.3. The summed E-state index contributed by atoms with van der Waals surface area (Å²) in [6, 6.07) is 6.20. The van der Waals surface area contributed by atoms with Crippen molar-refractivity contribution in [2.75, 3.05) is 12.4 Å². The first kappa shape index (κ1) is 21.9. The number of carbonyl (C=O) groups is 2. The van der Waals surface area contributed by atoms with Crippen LogP contribution >= 0.6 is 0 Å². The zero-order valence-electron chi connectivity index (χ0n) is 20.5. The van der Waals surface area contributed by atoms with Crippen LogP contribution in [0.5, 0.6) is 0 Å². The van der Waals surface area contributed by atoms with Gasteiger partial charge in [0, 0.05) is 30.6 Å². The summed E-state index contributed by atoms with van der Waals surface area (Å²) in [6.45, 7) is 4.98. The van der Waals surface area contributed by atoms with Crippen molar-refractivity contribution in [2.45, 2.75) is 64.8 Å². The van der Waals surface area contributed by atoms with E-state index in [9.17, 15) is 9.59 Å². The highest BCUT2D eigenvalue weighted by molar-refractivity contribution is 5.89. The third-order valence-corrected chi connectivity index (χ3v) is 10.5. The second-order valence-electron chi connectivity index (χ2n) is 11.8. The van der Waals surface area contributed by atoms with Crippen LogP contribution in [0, 0.1) is 34.5 Å². The number of carbonyl (C=O) groups excluding carboxylic acids is 2. The summed E-state index contributed by atoms with van der Waals surface area (Å²) < 4.78 is 0. The Balaban J connectivity index is 1.23. The molecular formula is C28H36N4O2. The van der Waals surface area contributed by atoms with Crippen LogP contribution in [0.3, 0.4) is 0 Å². The van der Waals surface area contributed by atoms with E-state index in [0.29, 0.717) is 29.7 Å². The average Bonchev–Trinajstić information content (AvgIpc) is 3.37. The number of fused-ring (bicyclic) bond motifs is 6. The van der Waals surface area contributed by atoms with Gasteiger partial charge in [-0.05, 0) is 91.9 Å². The van der Waals surface area contributed by atoms with Gasteiger partial charge in [-0.3, -0.25) is 9.59 Å². The Bertz CT molecular complexity index is 1170. The highest BCUT2D eigenvalue weighted by Gasteiger charge is 2.60. The molecule has 2 N–H and O–H groups in total. The molecule has 2 aromatic rings. The van der Waals surface area contributed by atoms with Gasteiger partial charge in [0.15, 0.2) is 0 Å². The number of nitrogens with zero attached hydrogens (tertiary/aromatic N) is 2. The van der Waals surface area contributed by atoms with E-state index in [4.69, 9.17) is 4.98 Å². The molecule has 2 heterocycles. The molecule has 4 aliphatic rings. The molecule has 0 spiro atoms. The first-order valence-electron chi connectivity index (χ1n) is 13.0. The molecule has 34 heavy (non-hydrogen) atoms. The molecule has 0 bridgehead atoms. The first-order valence-corrected chi connectivity index (χ1v) is 13.0. The molecule has 7 atom stereocenters. The lowest BCUT2D eigenvalue weighted by Crippen LogP contribution is -2.59. The number of amides is 2. The van der Waals surface area contributed by atoms with Gasteiger partial charge in [-0.2, -0.15) is 0 Å². The molecule has 180 valence electrons. The lowest BCUT2D eigenvalue weighted by Gasteiger charge is -2.60. The largest absolute Gasteiger partial charge is 0.342 e. The molecule has 1 aromatic heterocycles. The topological polar surface area (TPSA) is 78.1 Å². The molecule has 3 fully saturated rings. The monoisotopic (exact) mass is 460 g/mol. The summed E-state index contributed by atoms with van der Waals surface area (Å²) in [7, 11) is 2.00. The minimum atomic E-state index is 0.108. The molecule has 1 aromatic carbocycles. The Morgan fingerprint density at radius 1 is 1.18 bits per heavy atom. The van der Waals surface area contributed by atoms with Gasteiger partial charge in [0.25, 0.3) is 0 Å². The minimum Gasteiger partial charge on any atom is -0.342 e. The summed E-state index contributed by atoms with van der Waals surface area (Å²) in [4.78, 5) is 33.6. The van der Waals surface area contributed by atoms with Crippen molar-refractivity contribution in [1.82, 2.24) is 14.9 Å². The number of aromatic nitrogens is 2. The van der Waals surface area contributed by atoms with E-state index in [-0.39, 0.29) is 11.3 Å². The Labute approximate surface area is 201 Å². The van der Waals surface area contributed by atoms with E-state index < -0.39 is 0 Å². The van der Waals surface area contributed by atoms with Crippen LogP contribution < -0.4 is 5.32 Å². The Morgan fingerprint density at radius 3 is 2.85 bits per heavy atom. The lowest BCUT2D eigenvalue weighted by molar-refractivity contribution is -0.138.